The van der Waals surface area contributed by atoms with Crippen molar-refractivity contribution in [2.75, 3.05) is 46.0 Å². The van der Waals surface area contributed by atoms with Gasteiger partial charge >= 0.3 is 0 Å². The molecule has 1 N–H and O–H groups in total. The van der Waals surface area contributed by atoms with E-state index < -0.39 is 21.4 Å². The molecule has 2 aliphatic rings. The smallest absolute Gasteiger partial charge is 0.243 e. The summed E-state index contributed by atoms with van der Waals surface area (Å²) in [5, 5.41) is 3.20. The number of nitrogens with zero attached hydrogens (tertiary/aromatic N) is 1. The Hall–Kier alpha value is -1.06. The second kappa shape index (κ2) is 6.45. The fraction of sp³-hybridized carbons (Fsp3) is 0.600. The Labute approximate surface area is 135 Å². The molecule has 23 heavy (non-hydrogen) atoms. The zero-order chi connectivity index (χ0) is 16.5. The van der Waals surface area contributed by atoms with E-state index in [0.29, 0.717) is 38.5 Å². The molecular weight excluding hydrogens is 323 g/mol. The number of nitrogens with one attached hydrogen (secondary N) is 1. The number of sulfonamides is 1. The van der Waals surface area contributed by atoms with E-state index in [1.165, 1.54) is 16.4 Å². The average molecular weight is 344 g/mol. The average Bonchev–Trinajstić information content (AvgIpc) is 2.75. The monoisotopic (exact) mass is 344 g/mol. The van der Waals surface area contributed by atoms with Crippen molar-refractivity contribution in [3.05, 3.63) is 29.6 Å². The molecule has 0 aromatic heterocycles. The molecular formula is C15H21FN2O4S. The molecule has 2 saturated heterocycles. The van der Waals surface area contributed by atoms with Crippen molar-refractivity contribution in [1.82, 2.24) is 9.62 Å². The third kappa shape index (κ3) is 3.41. The number of benzene rings is 1. The van der Waals surface area contributed by atoms with E-state index in [1.807, 2.05) is 0 Å². The maximum atomic E-state index is 13.7. The van der Waals surface area contributed by atoms with Gasteiger partial charge in [0.2, 0.25) is 10.0 Å². The molecule has 1 unspecified atom stereocenters. The standard InChI is InChI=1S/C15H21FN2O4S/c1-12-2-3-13(8-14(12)16)23(19,20)18-5-7-22-15(10-18)9-17-4-6-21-11-15/h2-3,8,17H,4-7,9-11H2,1H3. The SMILES string of the molecule is Cc1ccc(S(=O)(=O)N2CCOC3(CNCCOC3)C2)cc1F. The molecule has 0 bridgehead atoms. The molecule has 0 aliphatic carbocycles. The highest BCUT2D eigenvalue weighted by Crippen LogP contribution is 2.26. The Morgan fingerprint density at radius 1 is 1.35 bits per heavy atom. The molecule has 1 aromatic carbocycles. The molecule has 3 rings (SSSR count). The largest absolute Gasteiger partial charge is 0.377 e. The molecule has 8 heteroatoms. The van der Waals surface area contributed by atoms with Crippen LogP contribution in [-0.2, 0) is 19.5 Å². The van der Waals surface area contributed by atoms with Gasteiger partial charge in [-0.25, -0.2) is 12.8 Å². The summed E-state index contributed by atoms with van der Waals surface area (Å²) < 4.78 is 52.1. The van der Waals surface area contributed by atoms with Crippen LogP contribution in [0.3, 0.4) is 0 Å². The number of ether oxygens (including phenoxy) is 2. The summed E-state index contributed by atoms with van der Waals surface area (Å²) >= 11 is 0. The van der Waals surface area contributed by atoms with Crippen LogP contribution in [-0.4, -0.2) is 64.3 Å². The van der Waals surface area contributed by atoms with Crippen LogP contribution in [0.5, 0.6) is 0 Å². The quantitative estimate of drug-likeness (QED) is 0.847. The van der Waals surface area contributed by atoms with E-state index in [9.17, 15) is 12.8 Å². The summed E-state index contributed by atoms with van der Waals surface area (Å²) in [7, 11) is -3.76. The van der Waals surface area contributed by atoms with E-state index in [4.69, 9.17) is 9.47 Å². The molecule has 0 saturated carbocycles. The predicted molar refractivity (Wildman–Crippen MR) is 82.3 cm³/mol. The lowest BCUT2D eigenvalue weighted by Gasteiger charge is -2.41. The molecule has 2 heterocycles. The van der Waals surface area contributed by atoms with Crippen molar-refractivity contribution >= 4 is 10.0 Å². The minimum Gasteiger partial charge on any atom is -0.377 e. The van der Waals surface area contributed by atoms with Crippen LogP contribution in [0, 0.1) is 12.7 Å². The van der Waals surface area contributed by atoms with Gasteiger partial charge in [-0.2, -0.15) is 4.31 Å². The predicted octanol–water partition coefficient (Wildman–Crippen LogP) is 0.514. The van der Waals surface area contributed by atoms with Gasteiger partial charge in [0.1, 0.15) is 11.4 Å². The molecule has 2 fully saturated rings. The van der Waals surface area contributed by atoms with E-state index in [2.05, 4.69) is 5.32 Å². The van der Waals surface area contributed by atoms with Crippen LogP contribution < -0.4 is 5.32 Å². The van der Waals surface area contributed by atoms with Crippen molar-refractivity contribution < 1.29 is 22.3 Å². The van der Waals surface area contributed by atoms with Crippen molar-refractivity contribution in [2.45, 2.75) is 17.4 Å². The topological polar surface area (TPSA) is 67.9 Å². The van der Waals surface area contributed by atoms with Crippen LogP contribution in [0.4, 0.5) is 4.39 Å². The molecule has 1 atom stereocenters. The first-order valence-corrected chi connectivity index (χ1v) is 9.06. The first-order chi connectivity index (χ1) is 10.9. The van der Waals surface area contributed by atoms with Crippen molar-refractivity contribution in [3.63, 3.8) is 0 Å². The summed E-state index contributed by atoms with van der Waals surface area (Å²) in [5.41, 5.74) is -0.269. The van der Waals surface area contributed by atoms with Crippen LogP contribution in [0.2, 0.25) is 0 Å². The highest BCUT2D eigenvalue weighted by Gasteiger charge is 2.42. The molecule has 6 nitrogen and oxygen atoms in total. The van der Waals surface area contributed by atoms with Gasteiger partial charge in [-0.15, -0.1) is 0 Å². The van der Waals surface area contributed by atoms with Crippen LogP contribution in [0.25, 0.3) is 0 Å². The third-order valence-electron chi connectivity index (χ3n) is 4.23. The Balaban J connectivity index is 1.85. The van der Waals surface area contributed by atoms with Crippen LogP contribution >= 0.6 is 0 Å². The van der Waals surface area contributed by atoms with Crippen molar-refractivity contribution in [2.24, 2.45) is 0 Å². The molecule has 0 radical (unpaired) electrons. The maximum Gasteiger partial charge on any atom is 0.243 e. The van der Waals surface area contributed by atoms with E-state index in [1.54, 1.807) is 6.92 Å². The number of morpholine rings is 1. The number of aryl methyl sites for hydroxylation is 1. The summed E-state index contributed by atoms with van der Waals surface area (Å²) in [6.07, 6.45) is 0. The van der Waals surface area contributed by atoms with Crippen molar-refractivity contribution in [1.29, 1.82) is 0 Å². The molecule has 2 aliphatic heterocycles. The lowest BCUT2D eigenvalue weighted by atomic mass is 10.0. The Kier molecular flexibility index (Phi) is 4.70. The molecule has 0 amide bonds. The Morgan fingerprint density at radius 3 is 2.96 bits per heavy atom. The van der Waals surface area contributed by atoms with Gasteiger partial charge in [0.25, 0.3) is 0 Å². The highest BCUT2D eigenvalue weighted by molar-refractivity contribution is 7.89. The van der Waals surface area contributed by atoms with Gasteiger partial charge in [-0.1, -0.05) is 6.07 Å². The number of hydrogen-bond acceptors (Lipinski definition) is 5. The van der Waals surface area contributed by atoms with Gasteiger partial charge < -0.3 is 14.8 Å². The Bertz CT molecular complexity index is 672. The van der Waals surface area contributed by atoms with Gasteiger partial charge in [-0.3, -0.25) is 0 Å². The van der Waals surface area contributed by atoms with Crippen molar-refractivity contribution in [3.8, 4) is 0 Å². The van der Waals surface area contributed by atoms with Crippen LogP contribution in [0.15, 0.2) is 23.1 Å². The molecule has 1 aromatic rings. The summed E-state index contributed by atoms with van der Waals surface area (Å²) in [5.74, 6) is -0.520. The van der Waals surface area contributed by atoms with E-state index >= 15 is 0 Å². The zero-order valence-electron chi connectivity index (χ0n) is 13.0. The fourth-order valence-corrected chi connectivity index (χ4v) is 4.37. The maximum absolute atomic E-state index is 13.7. The lowest BCUT2D eigenvalue weighted by Crippen LogP contribution is -2.59. The second-order valence-electron chi connectivity index (χ2n) is 6.01. The number of hydrogen-bond donors (Lipinski definition) is 1. The van der Waals surface area contributed by atoms with Gasteiger partial charge in [0.15, 0.2) is 0 Å². The zero-order valence-corrected chi connectivity index (χ0v) is 13.9. The third-order valence-corrected chi connectivity index (χ3v) is 6.07. The Morgan fingerprint density at radius 2 is 2.17 bits per heavy atom. The van der Waals surface area contributed by atoms with E-state index in [0.717, 1.165) is 6.07 Å². The minimum atomic E-state index is -3.76. The molecule has 128 valence electrons. The summed E-state index contributed by atoms with van der Waals surface area (Å²) in [4.78, 5) is -0.0276. The normalized spacial score (nSPS) is 27.0. The number of rotatable bonds is 2. The first kappa shape index (κ1) is 16.8. The fourth-order valence-electron chi connectivity index (χ4n) is 2.86. The highest BCUT2D eigenvalue weighted by atomic mass is 32.2. The van der Waals surface area contributed by atoms with Gasteiger partial charge in [-0.05, 0) is 24.6 Å². The second-order valence-corrected chi connectivity index (χ2v) is 7.95. The summed E-state index contributed by atoms with van der Waals surface area (Å²) in [6.45, 7) is 4.48. The number of halogens is 1. The van der Waals surface area contributed by atoms with Crippen LogP contribution in [0.1, 0.15) is 5.56 Å². The van der Waals surface area contributed by atoms with Gasteiger partial charge in [0, 0.05) is 26.2 Å². The first-order valence-electron chi connectivity index (χ1n) is 7.62. The minimum absolute atomic E-state index is 0.0276. The molecule has 1 spiro atoms. The van der Waals surface area contributed by atoms with Gasteiger partial charge in [0.05, 0.1) is 24.7 Å². The van der Waals surface area contributed by atoms with E-state index in [-0.39, 0.29) is 18.0 Å². The lowest BCUT2D eigenvalue weighted by molar-refractivity contribution is -0.118. The summed E-state index contributed by atoms with van der Waals surface area (Å²) in [6, 6.07) is 4.00.